The lowest BCUT2D eigenvalue weighted by Crippen LogP contribution is -2.34. The summed E-state index contributed by atoms with van der Waals surface area (Å²) in [6, 6.07) is 8.92. The van der Waals surface area contributed by atoms with Crippen molar-refractivity contribution < 1.29 is 0 Å². The number of rotatable bonds is 5. The third kappa shape index (κ3) is 4.68. The molecule has 0 spiro atoms. The summed E-state index contributed by atoms with van der Waals surface area (Å²) in [7, 11) is 2.24. The van der Waals surface area contributed by atoms with Crippen molar-refractivity contribution in [2.24, 2.45) is 5.92 Å². The van der Waals surface area contributed by atoms with Crippen molar-refractivity contribution in [2.75, 3.05) is 26.7 Å². The summed E-state index contributed by atoms with van der Waals surface area (Å²) < 4.78 is 0. The molecule has 1 saturated heterocycles. The van der Waals surface area contributed by atoms with Crippen LogP contribution in [0.3, 0.4) is 0 Å². The topological polar surface area (TPSA) is 28.2 Å². The van der Waals surface area contributed by atoms with E-state index in [0.29, 0.717) is 0 Å². The molecule has 0 bridgehead atoms. The zero-order chi connectivity index (χ0) is 17.8. The lowest BCUT2D eigenvalue weighted by molar-refractivity contribution is 0.234. The van der Waals surface area contributed by atoms with Crippen LogP contribution in [0.1, 0.15) is 35.1 Å². The van der Waals surface area contributed by atoms with E-state index in [9.17, 15) is 0 Å². The van der Waals surface area contributed by atoms with Crippen LogP contribution in [0, 0.1) is 26.7 Å². The van der Waals surface area contributed by atoms with Crippen molar-refractivity contribution >= 4 is 0 Å². The summed E-state index contributed by atoms with van der Waals surface area (Å²) in [5, 5.41) is 3.45. The Morgan fingerprint density at radius 1 is 1.08 bits per heavy atom. The molecule has 1 fully saturated rings. The summed E-state index contributed by atoms with van der Waals surface area (Å²) in [4.78, 5) is 7.08. The summed E-state index contributed by atoms with van der Waals surface area (Å²) >= 11 is 0. The third-order valence-electron chi connectivity index (χ3n) is 5.53. The number of hydrogen-bond donors (Lipinski definition) is 1. The highest BCUT2D eigenvalue weighted by molar-refractivity contribution is 5.63. The summed E-state index contributed by atoms with van der Waals surface area (Å²) in [6.45, 7) is 11.1. The van der Waals surface area contributed by atoms with Crippen LogP contribution in [0.2, 0.25) is 0 Å². The zero-order valence-corrected chi connectivity index (χ0v) is 16.1. The molecule has 1 aliphatic heterocycles. The van der Waals surface area contributed by atoms with Gasteiger partial charge >= 0.3 is 0 Å². The van der Waals surface area contributed by atoms with E-state index in [1.54, 1.807) is 0 Å². The quantitative estimate of drug-likeness (QED) is 0.890. The zero-order valence-electron chi connectivity index (χ0n) is 16.1. The van der Waals surface area contributed by atoms with Gasteiger partial charge in [-0.15, -0.1) is 0 Å². The van der Waals surface area contributed by atoms with E-state index in [1.165, 1.54) is 60.3 Å². The fraction of sp³-hybridized carbons (Fsp3) is 0.500. The maximum absolute atomic E-state index is 4.62. The first-order chi connectivity index (χ1) is 12.0. The number of aryl methyl sites for hydroxylation is 2. The Morgan fingerprint density at radius 2 is 1.76 bits per heavy atom. The number of pyridine rings is 1. The van der Waals surface area contributed by atoms with Gasteiger partial charge in [-0.05, 0) is 106 Å². The Hall–Kier alpha value is -1.71. The van der Waals surface area contributed by atoms with Gasteiger partial charge < -0.3 is 10.2 Å². The number of benzene rings is 1. The Labute approximate surface area is 152 Å². The highest BCUT2D eigenvalue weighted by atomic mass is 15.1. The standard InChI is InChI=1S/C22H31N3/c1-16-11-21(12-17(2)18(16)3)22-13-20(7-10-24-22)15-25(4)14-19-5-8-23-9-6-19/h7,10-13,19,23H,5-6,8-9,14-15H2,1-4H3. The van der Waals surface area contributed by atoms with Crippen LogP contribution >= 0.6 is 0 Å². The summed E-state index contributed by atoms with van der Waals surface area (Å²) in [5.74, 6) is 0.829. The highest BCUT2D eigenvalue weighted by Crippen LogP contribution is 2.24. The van der Waals surface area contributed by atoms with E-state index < -0.39 is 0 Å². The monoisotopic (exact) mass is 337 g/mol. The average Bonchev–Trinajstić information content (AvgIpc) is 2.60. The van der Waals surface area contributed by atoms with Gasteiger partial charge in [0.15, 0.2) is 0 Å². The first kappa shape index (κ1) is 18.1. The van der Waals surface area contributed by atoms with Gasteiger partial charge in [0.25, 0.3) is 0 Å². The number of piperidine rings is 1. The van der Waals surface area contributed by atoms with Gasteiger partial charge in [-0.3, -0.25) is 4.98 Å². The number of hydrogen-bond acceptors (Lipinski definition) is 3. The number of nitrogens with one attached hydrogen (secondary N) is 1. The molecule has 3 heteroatoms. The molecule has 0 saturated carbocycles. The minimum atomic E-state index is 0.829. The Kier molecular flexibility index (Phi) is 5.87. The molecule has 0 radical (unpaired) electrons. The first-order valence-electron chi connectivity index (χ1n) is 9.45. The Bertz CT molecular complexity index is 694. The van der Waals surface area contributed by atoms with Crippen molar-refractivity contribution in [3.8, 4) is 11.3 Å². The van der Waals surface area contributed by atoms with Gasteiger partial charge in [-0.25, -0.2) is 0 Å². The van der Waals surface area contributed by atoms with E-state index in [2.05, 4.69) is 67.3 Å². The van der Waals surface area contributed by atoms with E-state index in [-0.39, 0.29) is 0 Å². The molecule has 0 unspecified atom stereocenters. The van der Waals surface area contributed by atoms with Crippen LogP contribution in [0.5, 0.6) is 0 Å². The van der Waals surface area contributed by atoms with Crippen molar-refractivity contribution in [3.05, 3.63) is 52.7 Å². The van der Waals surface area contributed by atoms with Crippen LogP contribution in [0.4, 0.5) is 0 Å². The lowest BCUT2D eigenvalue weighted by atomic mass is 9.97. The van der Waals surface area contributed by atoms with E-state index in [4.69, 9.17) is 0 Å². The second-order valence-electron chi connectivity index (χ2n) is 7.67. The fourth-order valence-electron chi connectivity index (χ4n) is 3.80. The van der Waals surface area contributed by atoms with Crippen LogP contribution < -0.4 is 5.32 Å². The van der Waals surface area contributed by atoms with Crippen molar-refractivity contribution in [1.29, 1.82) is 0 Å². The van der Waals surface area contributed by atoms with Crippen molar-refractivity contribution in [3.63, 3.8) is 0 Å². The van der Waals surface area contributed by atoms with Gasteiger partial charge in [0.2, 0.25) is 0 Å². The third-order valence-corrected chi connectivity index (χ3v) is 5.53. The van der Waals surface area contributed by atoms with E-state index in [0.717, 1.165) is 18.2 Å². The predicted octanol–water partition coefficient (Wildman–Crippen LogP) is 4.11. The van der Waals surface area contributed by atoms with Crippen LogP contribution in [-0.4, -0.2) is 36.6 Å². The molecule has 0 atom stereocenters. The summed E-state index contributed by atoms with van der Waals surface area (Å²) in [6.07, 6.45) is 4.55. The summed E-state index contributed by atoms with van der Waals surface area (Å²) in [5.41, 5.74) is 7.71. The molecule has 0 aliphatic carbocycles. The van der Waals surface area contributed by atoms with Gasteiger partial charge in [-0.2, -0.15) is 0 Å². The van der Waals surface area contributed by atoms with Crippen LogP contribution in [-0.2, 0) is 6.54 Å². The number of aromatic nitrogens is 1. The normalized spacial score (nSPS) is 15.7. The maximum atomic E-state index is 4.62. The molecular formula is C22H31N3. The van der Waals surface area contributed by atoms with Crippen LogP contribution in [0.25, 0.3) is 11.3 Å². The molecule has 134 valence electrons. The lowest BCUT2D eigenvalue weighted by Gasteiger charge is -2.27. The average molecular weight is 338 g/mol. The minimum absolute atomic E-state index is 0.829. The Balaban J connectivity index is 1.71. The second-order valence-corrected chi connectivity index (χ2v) is 7.67. The molecule has 1 N–H and O–H groups in total. The van der Waals surface area contributed by atoms with Gasteiger partial charge in [0.05, 0.1) is 5.69 Å². The molecule has 25 heavy (non-hydrogen) atoms. The second kappa shape index (κ2) is 8.11. The van der Waals surface area contributed by atoms with Crippen molar-refractivity contribution in [1.82, 2.24) is 15.2 Å². The first-order valence-corrected chi connectivity index (χ1v) is 9.45. The molecular weight excluding hydrogens is 306 g/mol. The molecule has 3 nitrogen and oxygen atoms in total. The largest absolute Gasteiger partial charge is 0.317 e. The molecule has 1 aromatic heterocycles. The van der Waals surface area contributed by atoms with Gasteiger partial charge in [-0.1, -0.05) is 0 Å². The van der Waals surface area contributed by atoms with Gasteiger partial charge in [0, 0.05) is 24.8 Å². The van der Waals surface area contributed by atoms with E-state index >= 15 is 0 Å². The van der Waals surface area contributed by atoms with Crippen LogP contribution in [0.15, 0.2) is 30.5 Å². The predicted molar refractivity (Wildman–Crippen MR) is 106 cm³/mol. The molecule has 2 heterocycles. The molecule has 2 aromatic rings. The highest BCUT2D eigenvalue weighted by Gasteiger charge is 2.15. The van der Waals surface area contributed by atoms with Gasteiger partial charge in [0.1, 0.15) is 0 Å². The minimum Gasteiger partial charge on any atom is -0.317 e. The molecule has 0 amide bonds. The molecule has 1 aromatic carbocycles. The van der Waals surface area contributed by atoms with E-state index in [1.807, 2.05) is 6.20 Å². The fourth-order valence-corrected chi connectivity index (χ4v) is 3.80. The number of nitrogens with zero attached hydrogens (tertiary/aromatic N) is 2. The molecule has 3 rings (SSSR count). The molecule has 1 aliphatic rings. The maximum Gasteiger partial charge on any atom is 0.0705 e. The SMILES string of the molecule is Cc1cc(-c2cc(CN(C)CC3CCNCC3)ccn2)cc(C)c1C. The smallest absolute Gasteiger partial charge is 0.0705 e. The van der Waals surface area contributed by atoms with Crippen molar-refractivity contribution in [2.45, 2.75) is 40.2 Å². The Morgan fingerprint density at radius 3 is 2.44 bits per heavy atom.